The molecule has 0 spiro atoms. The van der Waals surface area contributed by atoms with Gasteiger partial charge in [0.15, 0.2) is 0 Å². The lowest BCUT2D eigenvalue weighted by Crippen LogP contribution is -2.13. The third-order valence-corrected chi connectivity index (χ3v) is 5.30. The molecule has 156 valence electrons. The number of ether oxygens (including phenoxy) is 2. The lowest BCUT2D eigenvalue weighted by Gasteiger charge is -2.18. The summed E-state index contributed by atoms with van der Waals surface area (Å²) in [5.74, 6) is 0.673. The Morgan fingerprint density at radius 3 is 2.45 bits per heavy atom. The Morgan fingerprint density at radius 1 is 1.07 bits per heavy atom. The number of hydrogen-bond acceptors (Lipinski definition) is 4. The first-order chi connectivity index (χ1) is 13.9. The maximum Gasteiger partial charge on any atom is 0.213 e. The van der Waals surface area contributed by atoms with Crippen LogP contribution in [-0.2, 0) is 11.2 Å². The van der Waals surface area contributed by atoms with Crippen LogP contribution in [0.3, 0.4) is 0 Å². The van der Waals surface area contributed by atoms with Crippen molar-refractivity contribution in [3.8, 4) is 17.1 Å². The topological polar surface area (TPSA) is 49.2 Å². The average molecular weight is 396 g/mol. The van der Waals surface area contributed by atoms with E-state index < -0.39 is 0 Å². The van der Waals surface area contributed by atoms with Gasteiger partial charge in [0.25, 0.3) is 0 Å². The van der Waals surface area contributed by atoms with Crippen molar-refractivity contribution in [3.05, 3.63) is 41.2 Å². The molecule has 0 aromatic carbocycles. The Balaban J connectivity index is 2.12. The van der Waals surface area contributed by atoms with E-state index in [9.17, 15) is 0 Å². The van der Waals surface area contributed by atoms with Gasteiger partial charge in [0.1, 0.15) is 0 Å². The van der Waals surface area contributed by atoms with Crippen molar-refractivity contribution in [1.29, 1.82) is 0 Å². The maximum atomic E-state index is 5.79. The maximum absolute atomic E-state index is 5.79. The van der Waals surface area contributed by atoms with E-state index in [1.54, 1.807) is 7.11 Å². The predicted octanol–water partition coefficient (Wildman–Crippen LogP) is 5.66. The number of nitrogens with zero attached hydrogens (tertiary/aromatic N) is 3. The molecule has 3 aromatic heterocycles. The van der Waals surface area contributed by atoms with E-state index in [0.29, 0.717) is 18.5 Å². The summed E-state index contributed by atoms with van der Waals surface area (Å²) in [4.78, 5) is 9.84. The quantitative estimate of drug-likeness (QED) is 0.494. The van der Waals surface area contributed by atoms with Gasteiger partial charge in [-0.3, -0.25) is 0 Å². The third-order valence-electron chi connectivity index (χ3n) is 5.30. The van der Waals surface area contributed by atoms with Crippen LogP contribution in [-0.4, -0.2) is 34.4 Å². The molecule has 3 heterocycles. The summed E-state index contributed by atoms with van der Waals surface area (Å²) in [7, 11) is 1.76. The first-order valence-corrected chi connectivity index (χ1v) is 10.5. The highest BCUT2D eigenvalue weighted by Gasteiger charge is 2.18. The van der Waals surface area contributed by atoms with Crippen molar-refractivity contribution >= 4 is 11.0 Å². The van der Waals surface area contributed by atoms with Crippen LogP contribution in [0.25, 0.3) is 22.3 Å². The van der Waals surface area contributed by atoms with Crippen molar-refractivity contribution < 1.29 is 9.47 Å². The SMILES string of the molecule is CCc1nc(OC(C)C)ccc1-c1nc2c(C)cn([C@H](CC)COC)c2cc1C. The molecular weight excluding hydrogens is 362 g/mol. The number of rotatable bonds is 8. The minimum Gasteiger partial charge on any atom is -0.475 e. The highest BCUT2D eigenvalue weighted by atomic mass is 16.5. The fourth-order valence-corrected chi connectivity index (χ4v) is 3.86. The summed E-state index contributed by atoms with van der Waals surface area (Å²) in [6.45, 7) is 13.3. The van der Waals surface area contributed by atoms with Gasteiger partial charge in [-0.2, -0.15) is 0 Å². The van der Waals surface area contributed by atoms with Crippen LogP contribution in [0.2, 0.25) is 0 Å². The molecule has 29 heavy (non-hydrogen) atoms. The molecule has 0 N–H and O–H groups in total. The Hall–Kier alpha value is -2.40. The molecular formula is C24H33N3O2. The van der Waals surface area contributed by atoms with Gasteiger partial charge in [0, 0.05) is 24.9 Å². The molecule has 0 amide bonds. The molecule has 3 rings (SSSR count). The van der Waals surface area contributed by atoms with Gasteiger partial charge in [-0.1, -0.05) is 13.8 Å². The molecule has 0 unspecified atom stereocenters. The van der Waals surface area contributed by atoms with Gasteiger partial charge in [0.05, 0.1) is 41.2 Å². The largest absolute Gasteiger partial charge is 0.475 e. The van der Waals surface area contributed by atoms with Gasteiger partial charge in [-0.05, 0) is 63.8 Å². The van der Waals surface area contributed by atoms with E-state index in [1.807, 2.05) is 19.9 Å². The van der Waals surface area contributed by atoms with Crippen LogP contribution in [0.1, 0.15) is 57.0 Å². The zero-order chi connectivity index (χ0) is 21.1. The van der Waals surface area contributed by atoms with E-state index in [-0.39, 0.29) is 6.10 Å². The Labute approximate surface area is 174 Å². The van der Waals surface area contributed by atoms with E-state index in [2.05, 4.69) is 50.6 Å². The van der Waals surface area contributed by atoms with Gasteiger partial charge in [0.2, 0.25) is 5.88 Å². The van der Waals surface area contributed by atoms with Gasteiger partial charge < -0.3 is 14.0 Å². The summed E-state index contributed by atoms with van der Waals surface area (Å²) >= 11 is 0. The van der Waals surface area contributed by atoms with Gasteiger partial charge in [-0.15, -0.1) is 0 Å². The number of pyridine rings is 2. The zero-order valence-electron chi connectivity index (χ0n) is 18.7. The molecule has 1 atom stereocenters. The average Bonchev–Trinajstić information content (AvgIpc) is 3.00. The second-order valence-electron chi connectivity index (χ2n) is 7.92. The smallest absolute Gasteiger partial charge is 0.213 e. The minimum absolute atomic E-state index is 0.107. The van der Waals surface area contributed by atoms with Crippen molar-refractivity contribution in [2.75, 3.05) is 13.7 Å². The summed E-state index contributed by atoms with van der Waals surface area (Å²) < 4.78 is 13.5. The summed E-state index contributed by atoms with van der Waals surface area (Å²) in [5.41, 5.74) is 7.64. The Kier molecular flexibility index (Phi) is 6.58. The molecule has 3 aromatic rings. The second kappa shape index (κ2) is 8.95. The number of methoxy groups -OCH3 is 1. The molecule has 0 aliphatic carbocycles. The second-order valence-corrected chi connectivity index (χ2v) is 7.92. The van der Waals surface area contributed by atoms with E-state index in [4.69, 9.17) is 19.4 Å². The number of aromatic nitrogens is 3. The molecule has 5 heteroatoms. The minimum atomic E-state index is 0.107. The summed E-state index contributed by atoms with van der Waals surface area (Å²) in [6.07, 6.45) is 4.15. The lowest BCUT2D eigenvalue weighted by atomic mass is 10.0. The van der Waals surface area contributed by atoms with E-state index in [1.165, 1.54) is 11.1 Å². The molecule has 0 aliphatic rings. The highest BCUT2D eigenvalue weighted by Crippen LogP contribution is 2.32. The first kappa shape index (κ1) is 21.3. The fourth-order valence-electron chi connectivity index (χ4n) is 3.86. The van der Waals surface area contributed by atoms with Gasteiger partial charge in [-0.25, -0.2) is 9.97 Å². The van der Waals surface area contributed by atoms with Crippen LogP contribution in [0.5, 0.6) is 5.88 Å². The van der Waals surface area contributed by atoms with Crippen LogP contribution in [0.4, 0.5) is 0 Å². The molecule has 0 radical (unpaired) electrons. The molecule has 5 nitrogen and oxygen atoms in total. The Morgan fingerprint density at radius 2 is 1.83 bits per heavy atom. The predicted molar refractivity (Wildman–Crippen MR) is 119 cm³/mol. The van der Waals surface area contributed by atoms with Crippen LogP contribution >= 0.6 is 0 Å². The van der Waals surface area contributed by atoms with Gasteiger partial charge >= 0.3 is 0 Å². The third kappa shape index (κ3) is 4.30. The summed E-state index contributed by atoms with van der Waals surface area (Å²) in [6, 6.07) is 6.60. The zero-order valence-corrected chi connectivity index (χ0v) is 18.7. The standard InChI is InChI=1S/C24H33N3O2/c1-8-18(14-28-7)27-13-17(6)24-21(27)12-16(5)23(26-24)19-10-11-22(29-15(3)4)25-20(19)9-2/h10-13,15,18H,8-9,14H2,1-7H3/t18-/m1/s1. The van der Waals surface area contributed by atoms with Crippen molar-refractivity contribution in [3.63, 3.8) is 0 Å². The van der Waals surface area contributed by atoms with Crippen molar-refractivity contribution in [2.45, 2.75) is 66.5 Å². The van der Waals surface area contributed by atoms with Crippen LogP contribution in [0, 0.1) is 13.8 Å². The fraction of sp³-hybridized carbons (Fsp3) is 0.500. The first-order valence-electron chi connectivity index (χ1n) is 10.5. The van der Waals surface area contributed by atoms with Crippen molar-refractivity contribution in [2.24, 2.45) is 0 Å². The number of aryl methyl sites for hydroxylation is 3. The van der Waals surface area contributed by atoms with E-state index >= 15 is 0 Å². The molecule has 0 saturated carbocycles. The van der Waals surface area contributed by atoms with Crippen LogP contribution in [0.15, 0.2) is 24.4 Å². The highest BCUT2D eigenvalue weighted by molar-refractivity contribution is 5.84. The number of hydrogen-bond donors (Lipinski definition) is 0. The molecule has 0 saturated heterocycles. The van der Waals surface area contributed by atoms with E-state index in [0.717, 1.165) is 40.9 Å². The molecule has 0 fully saturated rings. The monoisotopic (exact) mass is 395 g/mol. The summed E-state index contributed by atoms with van der Waals surface area (Å²) in [5, 5.41) is 0. The number of fused-ring (bicyclic) bond motifs is 1. The molecule has 0 bridgehead atoms. The van der Waals surface area contributed by atoms with Crippen LogP contribution < -0.4 is 4.74 Å². The Bertz CT molecular complexity index is 991. The molecule has 0 aliphatic heterocycles. The lowest BCUT2D eigenvalue weighted by molar-refractivity contribution is 0.155. The van der Waals surface area contributed by atoms with Crippen molar-refractivity contribution in [1.82, 2.24) is 14.5 Å². The normalized spacial score (nSPS) is 12.7.